The zero-order valence-electron chi connectivity index (χ0n) is 23.1. The van der Waals surface area contributed by atoms with Crippen LogP contribution in [0, 0.1) is 17.2 Å². The van der Waals surface area contributed by atoms with Crippen LogP contribution in [-0.4, -0.2) is 45.4 Å². The van der Waals surface area contributed by atoms with Gasteiger partial charge in [0.25, 0.3) is 0 Å². The molecule has 206 valence electrons. The molecule has 4 aromatic rings. The summed E-state index contributed by atoms with van der Waals surface area (Å²) in [4.78, 5) is 32.2. The van der Waals surface area contributed by atoms with Crippen LogP contribution in [0.4, 0.5) is 0 Å². The number of nitriles is 1. The molecule has 0 saturated carbocycles. The van der Waals surface area contributed by atoms with Gasteiger partial charge in [0.05, 0.1) is 30.9 Å². The van der Waals surface area contributed by atoms with Crippen LogP contribution >= 0.6 is 0 Å². The van der Waals surface area contributed by atoms with Crippen LogP contribution in [0.2, 0.25) is 0 Å². The number of nitrogens with zero attached hydrogens (tertiary/aromatic N) is 4. The molecular weight excluding hydrogens is 500 g/mol. The molecule has 3 N–H and O–H groups in total. The number of aromatic nitrogens is 2. The molecule has 0 spiro atoms. The summed E-state index contributed by atoms with van der Waals surface area (Å²) < 4.78 is 1.93. The maximum atomic E-state index is 13.3. The summed E-state index contributed by atoms with van der Waals surface area (Å²) in [5, 5.41) is 14.4. The average molecular weight is 537 g/mol. The van der Waals surface area contributed by atoms with Gasteiger partial charge in [0.15, 0.2) is 0 Å². The number of nitrogens with one attached hydrogen (secondary N) is 1. The Balaban J connectivity index is 1.47. The molecular formula is C32H36N6O2. The monoisotopic (exact) mass is 536 g/mol. The number of hydrogen-bond acceptors (Lipinski definition) is 5. The Morgan fingerprint density at radius 3 is 2.58 bits per heavy atom. The van der Waals surface area contributed by atoms with Crippen molar-refractivity contribution >= 4 is 22.6 Å². The first-order valence-electron chi connectivity index (χ1n) is 13.6. The Labute approximate surface area is 235 Å². The van der Waals surface area contributed by atoms with Crippen molar-refractivity contribution in [2.75, 3.05) is 13.1 Å². The lowest BCUT2D eigenvalue weighted by Crippen LogP contribution is -2.50. The van der Waals surface area contributed by atoms with Gasteiger partial charge in [0.2, 0.25) is 11.8 Å². The van der Waals surface area contributed by atoms with Crippen LogP contribution in [0.5, 0.6) is 0 Å². The molecule has 0 saturated heterocycles. The fourth-order valence-corrected chi connectivity index (χ4v) is 4.85. The molecule has 0 aliphatic carbocycles. The summed E-state index contributed by atoms with van der Waals surface area (Å²) in [6.45, 7) is 5.40. The van der Waals surface area contributed by atoms with Crippen LogP contribution < -0.4 is 11.1 Å². The van der Waals surface area contributed by atoms with Crippen molar-refractivity contribution < 1.29 is 9.59 Å². The molecule has 8 heteroatoms. The van der Waals surface area contributed by atoms with Crippen molar-refractivity contribution in [2.24, 2.45) is 11.7 Å². The van der Waals surface area contributed by atoms with Gasteiger partial charge in [-0.15, -0.1) is 0 Å². The predicted octanol–water partition coefficient (Wildman–Crippen LogP) is 4.02. The van der Waals surface area contributed by atoms with E-state index in [1.807, 2.05) is 41.0 Å². The van der Waals surface area contributed by atoms with E-state index in [1.165, 1.54) is 0 Å². The molecule has 0 aliphatic heterocycles. The first-order valence-corrected chi connectivity index (χ1v) is 13.6. The molecule has 0 radical (unpaired) electrons. The minimum atomic E-state index is -0.238. The zero-order chi connectivity index (χ0) is 28.5. The van der Waals surface area contributed by atoms with E-state index in [2.05, 4.69) is 48.4 Å². The molecule has 0 unspecified atom stereocenters. The summed E-state index contributed by atoms with van der Waals surface area (Å²) in [5.74, 6) is -0.138. The summed E-state index contributed by atoms with van der Waals surface area (Å²) in [5.41, 5.74) is 9.26. The van der Waals surface area contributed by atoms with E-state index in [-0.39, 0.29) is 36.7 Å². The van der Waals surface area contributed by atoms with Gasteiger partial charge in [-0.25, -0.2) is 4.98 Å². The average Bonchev–Trinajstić information content (AvgIpc) is 3.41. The minimum Gasteiger partial charge on any atom is -0.351 e. The molecule has 2 amide bonds. The van der Waals surface area contributed by atoms with Crippen molar-refractivity contribution in [3.8, 4) is 6.07 Å². The summed E-state index contributed by atoms with van der Waals surface area (Å²) >= 11 is 0. The topological polar surface area (TPSA) is 117 Å². The fourth-order valence-electron chi connectivity index (χ4n) is 4.85. The van der Waals surface area contributed by atoms with Crippen molar-refractivity contribution in [2.45, 2.75) is 45.8 Å². The number of fused-ring (bicyclic) bond motifs is 1. The van der Waals surface area contributed by atoms with E-state index in [4.69, 9.17) is 11.0 Å². The minimum absolute atomic E-state index is 0.0968. The highest BCUT2D eigenvalue weighted by molar-refractivity contribution is 5.86. The lowest BCUT2D eigenvalue weighted by atomic mass is 9.97. The van der Waals surface area contributed by atoms with E-state index in [0.717, 1.165) is 34.0 Å². The molecule has 0 aliphatic rings. The number of nitrogens with two attached hydrogens (primary N) is 1. The highest BCUT2D eigenvalue weighted by Gasteiger charge is 2.25. The Morgan fingerprint density at radius 1 is 1.10 bits per heavy atom. The number of benzene rings is 3. The lowest BCUT2D eigenvalue weighted by Gasteiger charge is -2.31. The number of carbonyl (C=O) groups is 2. The van der Waals surface area contributed by atoms with E-state index in [1.54, 1.807) is 29.6 Å². The first kappa shape index (κ1) is 28.5. The van der Waals surface area contributed by atoms with Crippen LogP contribution in [0.25, 0.3) is 10.8 Å². The number of carbonyl (C=O) groups excluding carboxylic acids is 2. The first-order chi connectivity index (χ1) is 19.4. The van der Waals surface area contributed by atoms with E-state index in [9.17, 15) is 9.59 Å². The second kappa shape index (κ2) is 13.5. The van der Waals surface area contributed by atoms with Crippen LogP contribution in [0.15, 0.2) is 79.3 Å². The maximum absolute atomic E-state index is 13.3. The SMILES string of the molecule is CC[C@H](C)[C@@H](CN(Cc1cccc2ccccc12)C(=O)CN)NC(=O)Cc1cncn1Cc1ccc(C#N)cc1. The molecule has 0 fully saturated rings. The molecule has 4 rings (SSSR count). The van der Waals surface area contributed by atoms with Gasteiger partial charge in [0.1, 0.15) is 0 Å². The van der Waals surface area contributed by atoms with Gasteiger partial charge in [-0.05, 0) is 39.9 Å². The van der Waals surface area contributed by atoms with Crippen molar-refractivity contribution in [1.29, 1.82) is 5.26 Å². The normalized spacial score (nSPS) is 12.4. The summed E-state index contributed by atoms with van der Waals surface area (Å²) in [7, 11) is 0. The molecule has 1 aromatic heterocycles. The zero-order valence-corrected chi connectivity index (χ0v) is 23.1. The standard InChI is InChI=1S/C32H36N6O2/c1-3-23(2)30(21-37(32(40)17-34)20-27-9-6-8-26-7-4-5-10-29(26)27)36-31(39)15-28-18-35-22-38(28)19-25-13-11-24(16-33)12-14-25/h4-14,18,22-23,30H,3,15,17,19-21,34H2,1-2H3,(H,36,39)/t23-,30+/m0/s1. The summed E-state index contributed by atoms with van der Waals surface area (Å²) in [6.07, 6.45) is 4.42. The molecule has 8 nitrogen and oxygen atoms in total. The van der Waals surface area contributed by atoms with E-state index < -0.39 is 0 Å². The molecule has 0 bridgehead atoms. The van der Waals surface area contributed by atoms with Gasteiger partial charge in [-0.3, -0.25) is 9.59 Å². The second-order valence-electron chi connectivity index (χ2n) is 10.2. The molecule has 2 atom stereocenters. The Bertz CT molecular complexity index is 1480. The van der Waals surface area contributed by atoms with Gasteiger partial charge >= 0.3 is 0 Å². The lowest BCUT2D eigenvalue weighted by molar-refractivity contribution is -0.131. The quantitative estimate of drug-likeness (QED) is 0.284. The highest BCUT2D eigenvalue weighted by Crippen LogP contribution is 2.21. The van der Waals surface area contributed by atoms with E-state index >= 15 is 0 Å². The van der Waals surface area contributed by atoms with Crippen molar-refractivity contribution in [3.05, 3.63) is 102 Å². The van der Waals surface area contributed by atoms with E-state index in [0.29, 0.717) is 25.2 Å². The number of imidazole rings is 1. The Morgan fingerprint density at radius 2 is 1.85 bits per heavy atom. The second-order valence-corrected chi connectivity index (χ2v) is 10.2. The molecule has 3 aromatic carbocycles. The molecule has 1 heterocycles. The van der Waals surface area contributed by atoms with Crippen LogP contribution in [-0.2, 0) is 29.1 Å². The van der Waals surface area contributed by atoms with Gasteiger partial charge < -0.3 is 20.5 Å². The third-order valence-corrected chi connectivity index (χ3v) is 7.44. The fraction of sp³-hybridized carbons (Fsp3) is 0.312. The number of hydrogen-bond donors (Lipinski definition) is 2. The Kier molecular flexibility index (Phi) is 9.66. The number of rotatable bonds is 12. The highest BCUT2D eigenvalue weighted by atomic mass is 16.2. The van der Waals surface area contributed by atoms with Gasteiger partial charge in [-0.2, -0.15) is 5.26 Å². The van der Waals surface area contributed by atoms with Crippen molar-refractivity contribution in [3.63, 3.8) is 0 Å². The maximum Gasteiger partial charge on any atom is 0.236 e. The Hall–Kier alpha value is -4.48. The smallest absolute Gasteiger partial charge is 0.236 e. The van der Waals surface area contributed by atoms with Crippen LogP contribution in [0.3, 0.4) is 0 Å². The third-order valence-electron chi connectivity index (χ3n) is 7.44. The van der Waals surface area contributed by atoms with Gasteiger partial charge in [-0.1, -0.05) is 74.9 Å². The molecule has 40 heavy (non-hydrogen) atoms. The third kappa shape index (κ3) is 7.13. The van der Waals surface area contributed by atoms with Gasteiger partial charge in [0, 0.05) is 37.6 Å². The summed E-state index contributed by atoms with van der Waals surface area (Å²) in [6, 6.07) is 23.5. The number of amides is 2. The van der Waals surface area contributed by atoms with Crippen molar-refractivity contribution in [1.82, 2.24) is 19.8 Å². The predicted molar refractivity (Wildman–Crippen MR) is 156 cm³/mol. The van der Waals surface area contributed by atoms with Crippen LogP contribution in [0.1, 0.15) is 42.7 Å². The largest absolute Gasteiger partial charge is 0.351 e.